The molecule has 3 N–H and O–H groups in total. The van der Waals surface area contributed by atoms with E-state index in [0.717, 1.165) is 43.6 Å². The van der Waals surface area contributed by atoms with Crippen molar-refractivity contribution in [2.75, 3.05) is 26.2 Å². The van der Waals surface area contributed by atoms with Crippen LogP contribution in [0.4, 0.5) is 0 Å². The average Bonchev–Trinajstić information content (AvgIpc) is 3.49. The lowest BCUT2D eigenvalue weighted by molar-refractivity contribution is -0.142. The van der Waals surface area contributed by atoms with Crippen LogP contribution in [0.25, 0.3) is 0 Å². The third-order valence-corrected chi connectivity index (χ3v) is 8.52. The van der Waals surface area contributed by atoms with Gasteiger partial charge in [0, 0.05) is 49.1 Å². The molecule has 1 aromatic rings. The van der Waals surface area contributed by atoms with Gasteiger partial charge < -0.3 is 20.4 Å². The molecule has 7 nitrogen and oxygen atoms in total. The molecule has 3 fully saturated rings. The van der Waals surface area contributed by atoms with Crippen molar-refractivity contribution in [2.45, 2.75) is 70.9 Å². The summed E-state index contributed by atoms with van der Waals surface area (Å²) < 4.78 is 0. The maximum Gasteiger partial charge on any atom is 0.228 e. The summed E-state index contributed by atoms with van der Waals surface area (Å²) in [6, 6.07) is 7.99. The molecule has 0 radical (unpaired) electrons. The molecule has 0 bridgehead atoms. The molecule has 2 saturated heterocycles. The highest BCUT2D eigenvalue weighted by molar-refractivity contribution is 6.30. The second-order valence-electron chi connectivity index (χ2n) is 11.1. The third-order valence-electron chi connectivity index (χ3n) is 8.27. The summed E-state index contributed by atoms with van der Waals surface area (Å²) in [7, 11) is 0. The molecule has 2 amide bonds. The highest BCUT2D eigenvalue weighted by atomic mass is 35.5. The van der Waals surface area contributed by atoms with Crippen molar-refractivity contribution in [1.82, 2.24) is 14.7 Å². The molecule has 1 aromatic carbocycles. The van der Waals surface area contributed by atoms with Crippen LogP contribution in [0.1, 0.15) is 64.4 Å². The Hall–Kier alpha value is -2.28. The van der Waals surface area contributed by atoms with Gasteiger partial charge in [-0.05, 0) is 55.7 Å². The number of amides is 2. The molecule has 192 valence electrons. The van der Waals surface area contributed by atoms with Gasteiger partial charge in [-0.1, -0.05) is 44.5 Å². The minimum Gasteiger partial charge on any atom is -0.370 e. The highest BCUT2D eigenvalue weighted by Crippen LogP contribution is 2.36. The largest absolute Gasteiger partial charge is 0.370 e. The van der Waals surface area contributed by atoms with Crippen molar-refractivity contribution in [3.05, 3.63) is 34.9 Å². The number of rotatable bonds is 5. The Labute approximate surface area is 214 Å². The fraction of sp³-hybridized carbons (Fsp3) is 0.667. The van der Waals surface area contributed by atoms with Gasteiger partial charge in [-0.25, -0.2) is 0 Å². The standard InChI is InChI=1S/C27H40ClN5O2/c1-17(2)25(34)33(21-10-4-18(3)5-11-21)22-12-13-31(14-22)26(35)24-16-32(27(29)30)15-23(24)19-6-8-20(28)9-7-19/h6-9,17-18,21-24H,4-5,10-16H2,1-3H3,(H3,29,30)/t18?,21?,22-,23-,24+/m0/s1. The maximum atomic E-state index is 13.8. The van der Waals surface area contributed by atoms with Crippen LogP contribution in [0, 0.1) is 23.2 Å². The molecule has 1 aliphatic carbocycles. The van der Waals surface area contributed by atoms with Gasteiger partial charge in [0.05, 0.1) is 12.0 Å². The predicted octanol–water partition coefficient (Wildman–Crippen LogP) is 3.91. The monoisotopic (exact) mass is 501 g/mol. The van der Waals surface area contributed by atoms with Gasteiger partial charge in [0.2, 0.25) is 11.8 Å². The van der Waals surface area contributed by atoms with E-state index in [1.165, 1.54) is 0 Å². The molecule has 2 heterocycles. The van der Waals surface area contributed by atoms with Crippen molar-refractivity contribution in [2.24, 2.45) is 23.5 Å². The first kappa shape index (κ1) is 25.8. The summed E-state index contributed by atoms with van der Waals surface area (Å²) in [5, 5.41) is 8.59. The Morgan fingerprint density at radius 2 is 1.66 bits per heavy atom. The lowest BCUT2D eigenvalue weighted by Crippen LogP contribution is -2.51. The van der Waals surface area contributed by atoms with E-state index in [9.17, 15) is 9.59 Å². The number of likely N-dealkylation sites (tertiary alicyclic amines) is 2. The zero-order valence-electron chi connectivity index (χ0n) is 21.3. The minimum absolute atomic E-state index is 0.00112. The van der Waals surface area contributed by atoms with Gasteiger partial charge >= 0.3 is 0 Å². The Morgan fingerprint density at radius 1 is 1.00 bits per heavy atom. The Kier molecular flexibility index (Phi) is 7.94. The van der Waals surface area contributed by atoms with Gasteiger partial charge in [0.25, 0.3) is 0 Å². The van der Waals surface area contributed by atoms with E-state index in [4.69, 9.17) is 22.7 Å². The molecular formula is C27H40ClN5O2. The second kappa shape index (κ2) is 10.8. The number of carbonyl (C=O) groups excluding carboxylic acids is 2. The number of hydrogen-bond donors (Lipinski definition) is 2. The molecule has 0 unspecified atom stereocenters. The summed E-state index contributed by atoms with van der Waals surface area (Å²) in [4.78, 5) is 33.0. The van der Waals surface area contributed by atoms with Crippen LogP contribution >= 0.6 is 11.6 Å². The second-order valence-corrected chi connectivity index (χ2v) is 11.5. The Bertz CT molecular complexity index is 928. The SMILES string of the molecule is CC1CCC(N(C(=O)C(C)C)[C@H]2CCN(C(=O)[C@@H]3CN(C(=N)N)C[C@H]3c3ccc(Cl)cc3)C2)CC1. The summed E-state index contributed by atoms with van der Waals surface area (Å²) in [6.07, 6.45) is 5.25. The molecule has 2 aliphatic heterocycles. The number of nitrogens with zero attached hydrogens (tertiary/aromatic N) is 3. The van der Waals surface area contributed by atoms with Crippen LogP contribution < -0.4 is 5.73 Å². The fourth-order valence-electron chi connectivity index (χ4n) is 6.18. The summed E-state index contributed by atoms with van der Waals surface area (Å²) in [5.41, 5.74) is 6.85. The zero-order chi connectivity index (χ0) is 25.3. The minimum atomic E-state index is -0.274. The van der Waals surface area contributed by atoms with E-state index in [0.29, 0.717) is 31.2 Å². The van der Waals surface area contributed by atoms with Gasteiger partial charge in [-0.15, -0.1) is 0 Å². The van der Waals surface area contributed by atoms with Crippen molar-refractivity contribution < 1.29 is 9.59 Å². The molecule has 8 heteroatoms. The maximum absolute atomic E-state index is 13.8. The molecule has 35 heavy (non-hydrogen) atoms. The first-order valence-electron chi connectivity index (χ1n) is 13.1. The lowest BCUT2D eigenvalue weighted by atomic mass is 9.85. The predicted molar refractivity (Wildman–Crippen MR) is 139 cm³/mol. The van der Waals surface area contributed by atoms with E-state index in [1.54, 1.807) is 4.90 Å². The number of hydrogen-bond acceptors (Lipinski definition) is 3. The summed E-state index contributed by atoms with van der Waals surface area (Å²) >= 11 is 6.09. The van der Waals surface area contributed by atoms with Crippen LogP contribution in [-0.4, -0.2) is 70.7 Å². The van der Waals surface area contributed by atoms with Crippen LogP contribution in [0.15, 0.2) is 24.3 Å². The van der Waals surface area contributed by atoms with E-state index in [2.05, 4.69) is 11.8 Å². The fourth-order valence-corrected chi connectivity index (χ4v) is 6.30. The quantitative estimate of drug-likeness (QED) is 0.472. The van der Waals surface area contributed by atoms with Crippen molar-refractivity contribution in [1.29, 1.82) is 5.41 Å². The number of carbonyl (C=O) groups is 2. The smallest absolute Gasteiger partial charge is 0.228 e. The number of nitrogens with one attached hydrogen (secondary N) is 1. The first-order valence-corrected chi connectivity index (χ1v) is 13.5. The van der Waals surface area contributed by atoms with Crippen molar-refractivity contribution in [3.8, 4) is 0 Å². The zero-order valence-corrected chi connectivity index (χ0v) is 22.0. The molecular weight excluding hydrogens is 462 g/mol. The van der Waals surface area contributed by atoms with Crippen molar-refractivity contribution in [3.63, 3.8) is 0 Å². The molecule has 3 atom stereocenters. The summed E-state index contributed by atoms with van der Waals surface area (Å²) in [6.45, 7) is 8.49. The molecule has 1 saturated carbocycles. The van der Waals surface area contributed by atoms with E-state index in [-0.39, 0.29) is 47.6 Å². The summed E-state index contributed by atoms with van der Waals surface area (Å²) in [5.74, 6) is 0.669. The normalized spacial score (nSPS) is 29.0. The highest BCUT2D eigenvalue weighted by Gasteiger charge is 2.44. The molecule has 0 spiro atoms. The van der Waals surface area contributed by atoms with Crippen LogP contribution in [-0.2, 0) is 9.59 Å². The van der Waals surface area contributed by atoms with Crippen LogP contribution in [0.2, 0.25) is 5.02 Å². The van der Waals surface area contributed by atoms with Crippen LogP contribution in [0.5, 0.6) is 0 Å². The number of nitrogens with two attached hydrogens (primary N) is 1. The van der Waals surface area contributed by atoms with Crippen LogP contribution in [0.3, 0.4) is 0 Å². The van der Waals surface area contributed by atoms with Gasteiger partial charge in [-0.2, -0.15) is 0 Å². The lowest BCUT2D eigenvalue weighted by Gasteiger charge is -2.41. The first-order chi connectivity index (χ1) is 16.7. The molecule has 4 rings (SSSR count). The van der Waals surface area contributed by atoms with E-state index < -0.39 is 0 Å². The van der Waals surface area contributed by atoms with Gasteiger partial charge in [0.15, 0.2) is 5.96 Å². The molecule has 3 aliphatic rings. The number of guanidine groups is 1. The Morgan fingerprint density at radius 3 is 2.26 bits per heavy atom. The number of benzene rings is 1. The van der Waals surface area contributed by atoms with E-state index in [1.807, 2.05) is 43.0 Å². The van der Waals surface area contributed by atoms with Gasteiger partial charge in [0.1, 0.15) is 0 Å². The average molecular weight is 502 g/mol. The number of halogens is 1. The van der Waals surface area contributed by atoms with Crippen molar-refractivity contribution >= 4 is 29.4 Å². The topological polar surface area (TPSA) is 93.7 Å². The third kappa shape index (κ3) is 5.60. The van der Waals surface area contributed by atoms with E-state index >= 15 is 0 Å². The Balaban J connectivity index is 1.50. The van der Waals surface area contributed by atoms with Gasteiger partial charge in [-0.3, -0.25) is 15.0 Å². The molecule has 0 aromatic heterocycles.